The normalized spacial score (nSPS) is 17.6. The minimum absolute atomic E-state index is 0.0284. The number of nitrogens with zero attached hydrogens (tertiary/aromatic N) is 2. The highest BCUT2D eigenvalue weighted by Crippen LogP contribution is 2.28. The quantitative estimate of drug-likeness (QED) is 0.696. The molecule has 126 valence electrons. The highest BCUT2D eigenvalue weighted by Gasteiger charge is 2.25. The van der Waals surface area contributed by atoms with Crippen molar-refractivity contribution < 1.29 is 9.18 Å². The Morgan fingerprint density at radius 1 is 1.12 bits per heavy atom. The van der Waals surface area contributed by atoms with Gasteiger partial charge in [0.1, 0.15) is 11.3 Å². The van der Waals surface area contributed by atoms with Crippen LogP contribution in [0.25, 0.3) is 10.9 Å². The molecule has 1 aliphatic heterocycles. The Kier molecular flexibility index (Phi) is 4.18. The first kappa shape index (κ1) is 15.8. The lowest BCUT2D eigenvalue weighted by molar-refractivity contribution is 0.0707. The largest absolute Gasteiger partial charge is 0.338 e. The molecule has 4 heteroatoms. The van der Waals surface area contributed by atoms with Crippen LogP contribution in [0.4, 0.5) is 4.39 Å². The van der Waals surface area contributed by atoms with Gasteiger partial charge >= 0.3 is 0 Å². The van der Waals surface area contributed by atoms with Crippen molar-refractivity contribution >= 4 is 16.8 Å². The minimum atomic E-state index is -0.362. The molecule has 3 aromatic rings. The van der Waals surface area contributed by atoms with E-state index < -0.39 is 0 Å². The first-order valence-electron chi connectivity index (χ1n) is 8.61. The molecule has 0 spiro atoms. The number of aromatic nitrogens is 1. The first-order chi connectivity index (χ1) is 12.2. The van der Waals surface area contributed by atoms with Gasteiger partial charge in [-0.3, -0.25) is 9.78 Å². The van der Waals surface area contributed by atoms with E-state index in [4.69, 9.17) is 0 Å². The van der Waals surface area contributed by atoms with E-state index in [2.05, 4.69) is 17.1 Å². The number of carbonyl (C=O) groups is 1. The van der Waals surface area contributed by atoms with Crippen LogP contribution in [0.1, 0.15) is 34.7 Å². The molecular weight excluding hydrogens is 315 g/mol. The number of amides is 1. The van der Waals surface area contributed by atoms with Crippen LogP contribution in [-0.4, -0.2) is 28.9 Å². The van der Waals surface area contributed by atoms with Crippen molar-refractivity contribution in [2.45, 2.75) is 18.8 Å². The van der Waals surface area contributed by atoms with E-state index in [1.165, 1.54) is 17.8 Å². The summed E-state index contributed by atoms with van der Waals surface area (Å²) in [6, 6.07) is 16.9. The third kappa shape index (κ3) is 3.12. The molecule has 1 saturated heterocycles. The summed E-state index contributed by atoms with van der Waals surface area (Å²) in [4.78, 5) is 18.9. The predicted molar refractivity (Wildman–Crippen MR) is 96.0 cm³/mol. The highest BCUT2D eigenvalue weighted by atomic mass is 19.1. The first-order valence-corrected chi connectivity index (χ1v) is 8.61. The summed E-state index contributed by atoms with van der Waals surface area (Å²) >= 11 is 0. The van der Waals surface area contributed by atoms with Gasteiger partial charge in [-0.1, -0.05) is 42.5 Å². The summed E-state index contributed by atoms with van der Waals surface area (Å²) < 4.78 is 13.8. The Morgan fingerprint density at radius 2 is 1.96 bits per heavy atom. The molecule has 2 aromatic carbocycles. The van der Waals surface area contributed by atoms with E-state index in [-0.39, 0.29) is 11.7 Å². The molecule has 1 aromatic heterocycles. The van der Waals surface area contributed by atoms with Crippen LogP contribution in [-0.2, 0) is 0 Å². The second-order valence-electron chi connectivity index (χ2n) is 6.54. The molecule has 4 rings (SSSR count). The standard InChI is InChI=1S/C21H19FN2O/c22-19-10-4-8-16-12-18(13-23-20(16)19)21(25)24-11-5-9-17(14-24)15-6-2-1-3-7-15/h1-4,6-8,10,12-13,17H,5,9,11,14H2. The molecule has 1 atom stereocenters. The predicted octanol–water partition coefficient (Wildman–Crippen LogP) is 4.39. The van der Waals surface area contributed by atoms with Crippen molar-refractivity contribution in [3.05, 3.63) is 77.7 Å². The van der Waals surface area contributed by atoms with Gasteiger partial charge in [-0.15, -0.1) is 0 Å². The monoisotopic (exact) mass is 334 g/mol. The SMILES string of the molecule is O=C(c1cnc2c(F)cccc2c1)N1CCCC(c2ccccc2)C1. The molecule has 0 radical (unpaired) electrons. The zero-order chi connectivity index (χ0) is 17.2. The van der Waals surface area contributed by atoms with Gasteiger partial charge in [0.05, 0.1) is 5.56 Å². The average molecular weight is 334 g/mol. The number of likely N-dealkylation sites (tertiary alicyclic amines) is 1. The van der Waals surface area contributed by atoms with Crippen LogP contribution in [0, 0.1) is 5.82 Å². The summed E-state index contributed by atoms with van der Waals surface area (Å²) in [5.41, 5.74) is 2.10. The van der Waals surface area contributed by atoms with Crippen molar-refractivity contribution in [3.8, 4) is 0 Å². The average Bonchev–Trinajstić information content (AvgIpc) is 2.68. The lowest BCUT2D eigenvalue weighted by Crippen LogP contribution is -2.39. The van der Waals surface area contributed by atoms with Crippen molar-refractivity contribution in [2.24, 2.45) is 0 Å². The fraction of sp³-hybridized carbons (Fsp3) is 0.238. The molecule has 25 heavy (non-hydrogen) atoms. The zero-order valence-electron chi connectivity index (χ0n) is 13.9. The highest BCUT2D eigenvalue weighted by molar-refractivity contribution is 5.97. The van der Waals surface area contributed by atoms with Gasteiger partial charge in [0.15, 0.2) is 0 Å². The van der Waals surface area contributed by atoms with E-state index in [0.717, 1.165) is 19.4 Å². The topological polar surface area (TPSA) is 33.2 Å². The number of fused-ring (bicyclic) bond motifs is 1. The maximum atomic E-state index is 13.8. The van der Waals surface area contributed by atoms with Crippen molar-refractivity contribution in [3.63, 3.8) is 0 Å². The van der Waals surface area contributed by atoms with Crippen molar-refractivity contribution in [1.82, 2.24) is 9.88 Å². The van der Waals surface area contributed by atoms with Crippen LogP contribution in [0.5, 0.6) is 0 Å². The summed E-state index contributed by atoms with van der Waals surface area (Å²) in [6.45, 7) is 1.47. The van der Waals surface area contributed by atoms with Crippen molar-refractivity contribution in [1.29, 1.82) is 0 Å². The summed E-state index contributed by atoms with van der Waals surface area (Å²) in [6.07, 6.45) is 3.57. The fourth-order valence-electron chi connectivity index (χ4n) is 3.58. The molecule has 1 aliphatic rings. The second kappa shape index (κ2) is 6.63. The van der Waals surface area contributed by atoms with Gasteiger partial charge in [-0.05, 0) is 30.5 Å². The molecule has 0 N–H and O–H groups in total. The zero-order valence-corrected chi connectivity index (χ0v) is 13.9. The van der Waals surface area contributed by atoms with Gasteiger partial charge < -0.3 is 4.90 Å². The molecule has 2 heterocycles. The van der Waals surface area contributed by atoms with Gasteiger partial charge in [0.25, 0.3) is 5.91 Å². The Balaban J connectivity index is 1.58. The Labute approximate surface area is 146 Å². The Hall–Kier alpha value is -2.75. The number of para-hydroxylation sites is 1. The molecule has 0 saturated carbocycles. The maximum Gasteiger partial charge on any atom is 0.255 e. The van der Waals surface area contributed by atoms with Crippen LogP contribution in [0.2, 0.25) is 0 Å². The molecule has 1 fully saturated rings. The van der Waals surface area contributed by atoms with E-state index in [1.807, 2.05) is 23.1 Å². The number of hydrogen-bond donors (Lipinski definition) is 0. The van der Waals surface area contributed by atoms with Crippen LogP contribution >= 0.6 is 0 Å². The lowest BCUT2D eigenvalue weighted by atomic mass is 9.90. The fourth-order valence-corrected chi connectivity index (χ4v) is 3.58. The number of pyridine rings is 1. The maximum absolute atomic E-state index is 13.8. The summed E-state index contributed by atoms with van der Waals surface area (Å²) in [5.74, 6) is -0.0253. The Morgan fingerprint density at radius 3 is 2.80 bits per heavy atom. The Bertz CT molecular complexity index is 910. The smallest absolute Gasteiger partial charge is 0.255 e. The van der Waals surface area contributed by atoms with Crippen LogP contribution in [0.3, 0.4) is 0 Å². The third-order valence-electron chi connectivity index (χ3n) is 4.89. The lowest BCUT2D eigenvalue weighted by Gasteiger charge is -2.33. The summed E-state index contributed by atoms with van der Waals surface area (Å²) in [7, 11) is 0. The summed E-state index contributed by atoms with van der Waals surface area (Å²) in [5, 5.41) is 0.655. The van der Waals surface area contributed by atoms with E-state index in [0.29, 0.717) is 28.9 Å². The number of piperidine rings is 1. The number of halogens is 1. The molecule has 0 bridgehead atoms. The second-order valence-corrected chi connectivity index (χ2v) is 6.54. The van der Waals surface area contributed by atoms with Crippen LogP contribution < -0.4 is 0 Å². The molecule has 3 nitrogen and oxygen atoms in total. The molecule has 1 amide bonds. The third-order valence-corrected chi connectivity index (χ3v) is 4.89. The molecule has 1 unspecified atom stereocenters. The molecular formula is C21H19FN2O. The minimum Gasteiger partial charge on any atom is -0.338 e. The van der Waals surface area contributed by atoms with Gasteiger partial charge in [0, 0.05) is 30.6 Å². The number of carbonyl (C=O) groups excluding carboxylic acids is 1. The molecule has 0 aliphatic carbocycles. The van der Waals surface area contributed by atoms with E-state index in [9.17, 15) is 9.18 Å². The number of rotatable bonds is 2. The number of benzene rings is 2. The van der Waals surface area contributed by atoms with Crippen LogP contribution in [0.15, 0.2) is 60.8 Å². The van der Waals surface area contributed by atoms with E-state index >= 15 is 0 Å². The van der Waals surface area contributed by atoms with Gasteiger partial charge in [-0.25, -0.2) is 4.39 Å². The number of hydrogen-bond acceptors (Lipinski definition) is 2. The van der Waals surface area contributed by atoms with Gasteiger partial charge in [-0.2, -0.15) is 0 Å². The van der Waals surface area contributed by atoms with Gasteiger partial charge in [0.2, 0.25) is 0 Å². The van der Waals surface area contributed by atoms with E-state index in [1.54, 1.807) is 18.2 Å². The van der Waals surface area contributed by atoms with Crippen molar-refractivity contribution in [2.75, 3.05) is 13.1 Å².